The lowest BCUT2D eigenvalue weighted by Crippen LogP contribution is -2.09. The van der Waals surface area contributed by atoms with Gasteiger partial charge in [-0.05, 0) is 65.0 Å². The standard InChI is InChI=1S/C28H26N2/c1-29(2)26-15-12-21(13-16-26)10-11-22-14-17-27-25(18-22)19-24(20-28(27)30(3)4)23-8-6-5-7-9-23/h5-9,12-20H,1-4H3. The second-order valence-electron chi connectivity index (χ2n) is 7.88. The topological polar surface area (TPSA) is 6.48 Å². The highest BCUT2D eigenvalue weighted by Crippen LogP contribution is 2.33. The Labute approximate surface area is 179 Å². The lowest BCUT2D eigenvalue weighted by atomic mass is 9.98. The van der Waals surface area contributed by atoms with Gasteiger partial charge >= 0.3 is 0 Å². The Morgan fingerprint density at radius 3 is 1.90 bits per heavy atom. The van der Waals surface area contributed by atoms with Gasteiger partial charge in [-0.1, -0.05) is 48.2 Å². The normalized spacial score (nSPS) is 10.4. The maximum absolute atomic E-state index is 3.33. The Morgan fingerprint density at radius 2 is 1.23 bits per heavy atom. The zero-order valence-corrected chi connectivity index (χ0v) is 18.0. The smallest absolute Gasteiger partial charge is 0.0446 e. The van der Waals surface area contributed by atoms with Gasteiger partial charge in [0.15, 0.2) is 0 Å². The number of rotatable bonds is 3. The van der Waals surface area contributed by atoms with Crippen LogP contribution in [0.5, 0.6) is 0 Å². The number of anilines is 2. The van der Waals surface area contributed by atoms with Crippen molar-refractivity contribution in [2.45, 2.75) is 0 Å². The van der Waals surface area contributed by atoms with Crippen LogP contribution in [-0.4, -0.2) is 28.2 Å². The molecule has 0 aromatic heterocycles. The molecule has 0 aliphatic carbocycles. The molecule has 4 aromatic carbocycles. The molecule has 0 radical (unpaired) electrons. The van der Waals surface area contributed by atoms with E-state index in [1.807, 2.05) is 14.1 Å². The first-order valence-corrected chi connectivity index (χ1v) is 10.1. The van der Waals surface area contributed by atoms with Crippen LogP contribution in [0.2, 0.25) is 0 Å². The van der Waals surface area contributed by atoms with E-state index in [0.29, 0.717) is 0 Å². The second kappa shape index (κ2) is 8.35. The number of benzene rings is 4. The van der Waals surface area contributed by atoms with Crippen LogP contribution in [0.4, 0.5) is 11.4 Å². The SMILES string of the molecule is CN(C)c1ccc(C#Cc2ccc3c(N(C)C)cc(-c4ccccc4)cc3c2)cc1. The van der Waals surface area contributed by atoms with Crippen LogP contribution >= 0.6 is 0 Å². The van der Waals surface area contributed by atoms with Crippen molar-refractivity contribution in [3.63, 3.8) is 0 Å². The number of hydrogen-bond acceptors (Lipinski definition) is 2. The zero-order chi connectivity index (χ0) is 21.1. The average molecular weight is 391 g/mol. The first-order chi connectivity index (χ1) is 14.5. The minimum atomic E-state index is 1.02. The molecule has 0 unspecified atom stereocenters. The lowest BCUT2D eigenvalue weighted by molar-refractivity contribution is 1.13. The van der Waals surface area contributed by atoms with E-state index in [9.17, 15) is 0 Å². The molecule has 4 rings (SSSR count). The fraction of sp³-hybridized carbons (Fsp3) is 0.143. The van der Waals surface area contributed by atoms with Gasteiger partial charge < -0.3 is 9.80 Å². The van der Waals surface area contributed by atoms with Crippen molar-refractivity contribution in [1.82, 2.24) is 0 Å². The monoisotopic (exact) mass is 390 g/mol. The van der Waals surface area contributed by atoms with Crippen LogP contribution in [0.15, 0.2) is 84.9 Å². The molecule has 0 heterocycles. The van der Waals surface area contributed by atoms with Crippen LogP contribution in [0.25, 0.3) is 21.9 Å². The minimum Gasteiger partial charge on any atom is -0.378 e. The van der Waals surface area contributed by atoms with Crippen LogP contribution in [0.1, 0.15) is 11.1 Å². The Bertz CT molecular complexity index is 1220. The van der Waals surface area contributed by atoms with E-state index >= 15 is 0 Å². The summed E-state index contributed by atoms with van der Waals surface area (Å²) in [6.07, 6.45) is 0. The van der Waals surface area contributed by atoms with Gasteiger partial charge in [-0.15, -0.1) is 0 Å². The van der Waals surface area contributed by atoms with Crippen molar-refractivity contribution >= 4 is 22.1 Å². The average Bonchev–Trinajstić information content (AvgIpc) is 2.77. The Morgan fingerprint density at radius 1 is 0.567 bits per heavy atom. The van der Waals surface area contributed by atoms with Gasteiger partial charge in [-0.25, -0.2) is 0 Å². The third kappa shape index (κ3) is 4.16. The highest BCUT2D eigenvalue weighted by atomic mass is 15.1. The van der Waals surface area contributed by atoms with Gasteiger partial charge in [0.05, 0.1) is 0 Å². The summed E-state index contributed by atoms with van der Waals surface area (Å²) in [6, 6.07) is 29.9. The number of nitrogens with zero attached hydrogens (tertiary/aromatic N) is 2. The Hall–Kier alpha value is -3.70. The van der Waals surface area contributed by atoms with E-state index in [1.54, 1.807) is 0 Å². The molecular weight excluding hydrogens is 364 g/mol. The van der Waals surface area contributed by atoms with Crippen LogP contribution < -0.4 is 9.80 Å². The van der Waals surface area contributed by atoms with Gasteiger partial charge in [0.1, 0.15) is 0 Å². The number of hydrogen-bond donors (Lipinski definition) is 0. The fourth-order valence-electron chi connectivity index (χ4n) is 3.58. The summed E-state index contributed by atoms with van der Waals surface area (Å²) >= 11 is 0. The van der Waals surface area contributed by atoms with E-state index in [0.717, 1.165) is 11.1 Å². The summed E-state index contributed by atoms with van der Waals surface area (Å²) in [7, 11) is 8.27. The predicted octanol–water partition coefficient (Wildman–Crippen LogP) is 6.04. The minimum absolute atomic E-state index is 1.02. The van der Waals surface area contributed by atoms with E-state index < -0.39 is 0 Å². The van der Waals surface area contributed by atoms with Gasteiger partial charge in [-0.3, -0.25) is 0 Å². The maximum atomic E-state index is 3.33. The van der Waals surface area contributed by atoms with Gasteiger partial charge in [0.2, 0.25) is 0 Å². The van der Waals surface area contributed by atoms with Crippen LogP contribution in [-0.2, 0) is 0 Å². The summed E-state index contributed by atoms with van der Waals surface area (Å²) in [6.45, 7) is 0. The molecular formula is C28H26N2. The highest BCUT2D eigenvalue weighted by molar-refractivity contribution is 5.98. The lowest BCUT2D eigenvalue weighted by Gasteiger charge is -2.18. The summed E-state index contributed by atoms with van der Waals surface area (Å²) in [4.78, 5) is 4.26. The van der Waals surface area contributed by atoms with Crippen molar-refractivity contribution in [3.05, 3.63) is 96.1 Å². The molecule has 0 atom stereocenters. The molecule has 4 aromatic rings. The molecule has 0 bridgehead atoms. The predicted molar refractivity (Wildman–Crippen MR) is 130 cm³/mol. The molecule has 2 nitrogen and oxygen atoms in total. The maximum Gasteiger partial charge on any atom is 0.0446 e. The molecule has 0 spiro atoms. The molecule has 0 aliphatic rings. The second-order valence-corrected chi connectivity index (χ2v) is 7.88. The van der Waals surface area contributed by atoms with Crippen LogP contribution in [0, 0.1) is 11.8 Å². The third-order valence-corrected chi connectivity index (χ3v) is 5.25. The van der Waals surface area contributed by atoms with Gasteiger partial charge in [-0.2, -0.15) is 0 Å². The molecule has 0 saturated heterocycles. The molecule has 0 N–H and O–H groups in total. The van der Waals surface area contributed by atoms with Crippen molar-refractivity contribution < 1.29 is 0 Å². The largest absolute Gasteiger partial charge is 0.378 e. The van der Waals surface area contributed by atoms with Crippen molar-refractivity contribution in [2.24, 2.45) is 0 Å². The Balaban J connectivity index is 1.75. The summed E-state index contributed by atoms with van der Waals surface area (Å²) in [5.41, 5.74) is 6.87. The Kier molecular flexibility index (Phi) is 5.46. The zero-order valence-electron chi connectivity index (χ0n) is 18.0. The van der Waals surface area contributed by atoms with Crippen LogP contribution in [0.3, 0.4) is 0 Å². The molecule has 0 amide bonds. The quantitative estimate of drug-likeness (QED) is 0.394. The van der Waals surface area contributed by atoms with E-state index in [2.05, 4.69) is 121 Å². The third-order valence-electron chi connectivity index (χ3n) is 5.25. The van der Waals surface area contributed by atoms with E-state index in [-0.39, 0.29) is 0 Å². The summed E-state index contributed by atoms with van der Waals surface area (Å²) in [5.74, 6) is 6.63. The summed E-state index contributed by atoms with van der Waals surface area (Å²) < 4.78 is 0. The first-order valence-electron chi connectivity index (χ1n) is 10.1. The highest BCUT2D eigenvalue weighted by Gasteiger charge is 2.08. The van der Waals surface area contributed by atoms with Gasteiger partial charge in [0, 0.05) is 56.1 Å². The molecule has 2 heteroatoms. The fourth-order valence-corrected chi connectivity index (χ4v) is 3.58. The first kappa shape index (κ1) is 19.6. The number of fused-ring (bicyclic) bond motifs is 1. The molecule has 0 saturated carbocycles. The van der Waals surface area contributed by atoms with Crippen molar-refractivity contribution in [3.8, 4) is 23.0 Å². The van der Waals surface area contributed by atoms with Gasteiger partial charge in [0.25, 0.3) is 0 Å². The molecule has 0 fully saturated rings. The van der Waals surface area contributed by atoms with E-state index in [1.165, 1.54) is 33.3 Å². The molecule has 148 valence electrons. The van der Waals surface area contributed by atoms with Crippen molar-refractivity contribution in [2.75, 3.05) is 38.0 Å². The molecule has 0 aliphatic heterocycles. The van der Waals surface area contributed by atoms with Crippen molar-refractivity contribution in [1.29, 1.82) is 0 Å². The molecule has 30 heavy (non-hydrogen) atoms. The summed E-state index contributed by atoms with van der Waals surface area (Å²) in [5, 5.41) is 2.44. The van der Waals surface area contributed by atoms with E-state index in [4.69, 9.17) is 0 Å².